The van der Waals surface area contributed by atoms with Crippen LogP contribution in [0.2, 0.25) is 0 Å². The quantitative estimate of drug-likeness (QED) is 0.0903. The molecular weight excluding hydrogens is 613 g/mol. The molecule has 0 bridgehead atoms. The fraction of sp³-hybridized carbons (Fsp3) is 0.542. The molecule has 1 aliphatic heterocycles. The Morgan fingerprint density at radius 1 is 1.00 bits per heavy atom. The zero-order valence-electron chi connectivity index (χ0n) is 21.7. The second-order valence-corrected chi connectivity index (χ2v) is 8.27. The molecule has 0 aliphatic carbocycles. The molecule has 0 saturated carbocycles. The molecule has 0 unspecified atom stereocenters. The van der Waals surface area contributed by atoms with Gasteiger partial charge in [-0.15, -0.1) is 12.2 Å². The van der Waals surface area contributed by atoms with E-state index in [4.69, 9.17) is 9.47 Å². The summed E-state index contributed by atoms with van der Waals surface area (Å²) < 4.78 is 10.4. The van der Waals surface area contributed by atoms with Gasteiger partial charge in [-0.3, -0.25) is 19.3 Å². The van der Waals surface area contributed by atoms with Crippen molar-refractivity contribution in [2.24, 2.45) is 5.92 Å². The largest absolute Gasteiger partial charge is 1.00 e. The maximum atomic E-state index is 12.0. The first-order valence-corrected chi connectivity index (χ1v) is 11.3. The van der Waals surface area contributed by atoms with Gasteiger partial charge in [0.15, 0.2) is 0 Å². The molecule has 1 fully saturated rings. The van der Waals surface area contributed by atoms with Crippen LogP contribution >= 0.6 is 0 Å². The van der Waals surface area contributed by atoms with Crippen molar-refractivity contribution < 1.29 is 150 Å². The smallest absolute Gasteiger partial charge is 0.651 e. The molecule has 1 aromatic carbocycles. The molecule has 0 radical (unpaired) electrons. The van der Waals surface area contributed by atoms with E-state index in [1.807, 2.05) is 13.8 Å². The van der Waals surface area contributed by atoms with Crippen molar-refractivity contribution in [1.82, 2.24) is 4.90 Å². The van der Waals surface area contributed by atoms with Crippen LogP contribution < -0.4 is 116 Å². The first kappa shape index (κ1) is 36.3. The Morgan fingerprint density at radius 3 is 2.28 bits per heavy atom. The summed E-state index contributed by atoms with van der Waals surface area (Å²) in [5.41, 5.74) is 1.07. The number of benzene rings is 1. The predicted molar refractivity (Wildman–Crippen MR) is 123 cm³/mol. The van der Waals surface area contributed by atoms with Crippen LogP contribution in [0.3, 0.4) is 0 Å². The van der Waals surface area contributed by atoms with Crippen molar-refractivity contribution in [1.29, 1.82) is 0 Å². The zero-order valence-corrected chi connectivity index (χ0v) is 31.5. The third-order valence-corrected chi connectivity index (χ3v) is 4.79. The van der Waals surface area contributed by atoms with Gasteiger partial charge in [-0.05, 0) is 11.5 Å². The molecule has 2 rings (SSSR count). The van der Waals surface area contributed by atoms with Crippen molar-refractivity contribution in [2.45, 2.75) is 46.0 Å². The summed E-state index contributed by atoms with van der Waals surface area (Å²) in [4.78, 5) is 59.7. The van der Waals surface area contributed by atoms with Crippen LogP contribution in [0, 0.1) is 5.92 Å². The van der Waals surface area contributed by atoms with Gasteiger partial charge in [0.25, 0.3) is 0 Å². The molecule has 10 nitrogen and oxygen atoms in total. The number of hydrogen-bond acceptors (Lipinski definition) is 7. The minimum atomic E-state index is -0.618. The summed E-state index contributed by atoms with van der Waals surface area (Å²) in [7, 11) is 0. The van der Waals surface area contributed by atoms with Crippen molar-refractivity contribution in [2.75, 3.05) is 32.9 Å². The third-order valence-electron chi connectivity index (χ3n) is 4.79. The van der Waals surface area contributed by atoms with E-state index < -0.39 is 18.2 Å². The van der Waals surface area contributed by atoms with Crippen molar-refractivity contribution in [3.05, 3.63) is 40.5 Å². The van der Waals surface area contributed by atoms with Gasteiger partial charge in [0.2, 0.25) is 11.8 Å². The number of carbonyl (C=O) groups excluding carboxylic acids is 5. The number of likely N-dealkylation sites (tertiary alicyclic amines) is 1. The SMILES string of the molecule is CC(C)CC(=O)OCCCOCC[N-]C(=O)CC(=O)[N-]c1ccc(CC(=O)N2CCC2=O)cc1.[Rb+].[Rb+]. The normalized spacial score (nSPS) is 12.1. The maximum Gasteiger partial charge on any atom is 1.00 e. The summed E-state index contributed by atoms with van der Waals surface area (Å²) in [6.45, 7) is 5.36. The van der Waals surface area contributed by atoms with Gasteiger partial charge in [-0.1, -0.05) is 38.1 Å². The number of imide groups is 1. The molecule has 36 heavy (non-hydrogen) atoms. The van der Waals surface area contributed by atoms with Gasteiger partial charge in [0.1, 0.15) is 0 Å². The fourth-order valence-corrected chi connectivity index (χ4v) is 2.98. The van der Waals surface area contributed by atoms with E-state index in [0.717, 1.165) is 0 Å². The van der Waals surface area contributed by atoms with Crippen LogP contribution in [0.15, 0.2) is 24.3 Å². The van der Waals surface area contributed by atoms with E-state index in [9.17, 15) is 24.0 Å². The number of esters is 1. The number of nitrogens with zero attached hydrogens (tertiary/aromatic N) is 3. The summed E-state index contributed by atoms with van der Waals surface area (Å²) >= 11 is 0. The molecule has 0 atom stereocenters. The predicted octanol–water partition coefficient (Wildman–Crippen LogP) is -3.19. The molecule has 0 aromatic heterocycles. The second kappa shape index (κ2) is 20.3. The second-order valence-electron chi connectivity index (χ2n) is 8.27. The van der Waals surface area contributed by atoms with Gasteiger partial charge in [0, 0.05) is 45.4 Å². The van der Waals surface area contributed by atoms with Gasteiger partial charge < -0.3 is 29.7 Å². The van der Waals surface area contributed by atoms with Crippen LogP contribution in [0.5, 0.6) is 0 Å². The van der Waals surface area contributed by atoms with E-state index in [2.05, 4.69) is 10.6 Å². The molecule has 1 aliphatic rings. The molecular formula is C24H31N3O7Rb2. The number of amides is 4. The average molecular weight is 644 g/mol. The van der Waals surface area contributed by atoms with E-state index >= 15 is 0 Å². The third kappa shape index (κ3) is 15.1. The fourth-order valence-electron chi connectivity index (χ4n) is 2.98. The monoisotopic (exact) mass is 643 g/mol. The van der Waals surface area contributed by atoms with Gasteiger partial charge in [-0.2, -0.15) is 0 Å². The molecule has 1 saturated heterocycles. The van der Waals surface area contributed by atoms with Crippen molar-refractivity contribution >= 4 is 35.3 Å². The maximum absolute atomic E-state index is 12.0. The van der Waals surface area contributed by atoms with Gasteiger partial charge in [0.05, 0.1) is 24.8 Å². The zero-order chi connectivity index (χ0) is 24.9. The van der Waals surface area contributed by atoms with E-state index in [-0.39, 0.29) is 166 Å². The molecule has 4 amide bonds. The Morgan fingerprint density at radius 2 is 1.69 bits per heavy atom. The summed E-state index contributed by atoms with van der Waals surface area (Å²) in [6.07, 6.45) is 1.01. The average Bonchev–Trinajstić information content (AvgIpc) is 2.75. The number of ether oxygens (including phenoxy) is 2. The van der Waals surface area contributed by atoms with Gasteiger partial charge >= 0.3 is 122 Å². The minimum Gasteiger partial charge on any atom is -0.651 e. The molecule has 0 spiro atoms. The molecule has 1 heterocycles. The topological polar surface area (TPSA) is 135 Å². The number of rotatable bonds is 14. The minimum absolute atomic E-state index is 0. The van der Waals surface area contributed by atoms with Crippen LogP contribution in [0.4, 0.5) is 5.69 Å². The summed E-state index contributed by atoms with van der Waals surface area (Å²) in [5, 5.41) is 7.63. The molecule has 186 valence electrons. The van der Waals surface area contributed by atoms with Crippen LogP contribution in [-0.2, 0) is 39.9 Å². The first-order valence-electron chi connectivity index (χ1n) is 11.3. The summed E-state index contributed by atoms with van der Waals surface area (Å²) in [6, 6.07) is 6.47. The Hall–Kier alpha value is 0.340. The Balaban J connectivity index is 0.00000612. The molecule has 12 heteroatoms. The van der Waals surface area contributed by atoms with Crippen LogP contribution in [-0.4, -0.2) is 67.4 Å². The number of carbonyl (C=O) groups is 5. The standard InChI is InChI=1S/C24H33N3O7.2Rb/c1-17(2)14-24(32)34-12-3-11-33-13-9-25-20(28)16-21(29)26-19-6-4-18(5-7-19)15-23(31)27-10-8-22(27)30;;/h4-7,17H,3,8-16H2,1-2H3,(H2,25,26,28,29);;/q;2*+1/p-2. The van der Waals surface area contributed by atoms with E-state index in [1.165, 1.54) is 4.90 Å². The van der Waals surface area contributed by atoms with Crippen LogP contribution in [0.1, 0.15) is 45.1 Å². The summed E-state index contributed by atoms with van der Waals surface area (Å²) in [5.74, 6) is -1.58. The van der Waals surface area contributed by atoms with Crippen LogP contribution in [0.25, 0.3) is 10.6 Å². The van der Waals surface area contributed by atoms with E-state index in [0.29, 0.717) is 43.7 Å². The van der Waals surface area contributed by atoms with Crippen molar-refractivity contribution in [3.8, 4) is 0 Å². The van der Waals surface area contributed by atoms with Gasteiger partial charge in [-0.25, -0.2) is 0 Å². The molecule has 1 aromatic rings. The first-order chi connectivity index (χ1) is 16.2. The molecule has 0 N–H and O–H groups in total. The van der Waals surface area contributed by atoms with Crippen molar-refractivity contribution in [3.63, 3.8) is 0 Å². The Kier molecular flexibility index (Phi) is 20.5. The van der Waals surface area contributed by atoms with E-state index in [1.54, 1.807) is 24.3 Å². The number of β-lactam (4-membered cyclic amide) rings is 1. The Labute approximate surface area is 309 Å². The number of hydrogen-bond donors (Lipinski definition) is 0. The Bertz CT molecular complexity index is 879.